The Labute approximate surface area is 110 Å². The average Bonchev–Trinajstić information content (AvgIpc) is 2.96. The zero-order valence-electron chi connectivity index (χ0n) is 9.52. The van der Waals surface area contributed by atoms with E-state index in [4.69, 9.17) is 0 Å². The molecule has 16 heavy (non-hydrogen) atoms. The Kier molecular flexibility index (Phi) is 5.72. The summed E-state index contributed by atoms with van der Waals surface area (Å²) in [6.07, 6.45) is 5.75. The predicted molar refractivity (Wildman–Crippen MR) is 76.0 cm³/mol. The van der Waals surface area contributed by atoms with Crippen LogP contribution in [0.1, 0.15) is 32.1 Å². The molecule has 0 N–H and O–H groups in total. The summed E-state index contributed by atoms with van der Waals surface area (Å²) in [4.78, 5) is 13.7. The van der Waals surface area contributed by atoms with Gasteiger partial charge in [-0.15, -0.1) is 11.8 Å². The van der Waals surface area contributed by atoms with Gasteiger partial charge in [0.2, 0.25) is 5.91 Å². The first-order valence-electron chi connectivity index (χ1n) is 6.00. The first-order chi connectivity index (χ1) is 7.86. The molecule has 2 rings (SSSR count). The number of unbranched alkanes of at least 4 members (excludes halogenated alkanes) is 1. The second-order valence-electron chi connectivity index (χ2n) is 4.27. The average molecular weight is 277 g/mol. The summed E-state index contributed by atoms with van der Waals surface area (Å²) >= 11 is 1.87. The molecule has 0 aliphatic carbocycles. The van der Waals surface area contributed by atoms with Crippen LogP contribution in [0, 0.1) is 0 Å². The van der Waals surface area contributed by atoms with Crippen LogP contribution in [0.15, 0.2) is 0 Å². The minimum Gasteiger partial charge on any atom is -0.333 e. The van der Waals surface area contributed by atoms with Crippen molar-refractivity contribution >= 4 is 39.3 Å². The van der Waals surface area contributed by atoms with Crippen molar-refractivity contribution in [3.63, 3.8) is 0 Å². The fourth-order valence-corrected chi connectivity index (χ4v) is 5.98. The summed E-state index contributed by atoms with van der Waals surface area (Å²) in [5, 5.41) is 0.863. The van der Waals surface area contributed by atoms with Gasteiger partial charge in [0.25, 0.3) is 0 Å². The van der Waals surface area contributed by atoms with Crippen LogP contribution in [-0.4, -0.2) is 40.0 Å². The SMILES string of the molecule is O=C(CCCCC1CCSS1)N1CCSC1. The molecule has 92 valence electrons. The molecule has 1 amide bonds. The molecule has 2 aliphatic rings. The minimum atomic E-state index is 0.374. The van der Waals surface area contributed by atoms with Crippen molar-refractivity contribution in [2.75, 3.05) is 23.9 Å². The molecule has 2 fully saturated rings. The van der Waals surface area contributed by atoms with Gasteiger partial charge in [-0.25, -0.2) is 0 Å². The molecule has 5 heteroatoms. The van der Waals surface area contributed by atoms with Crippen LogP contribution in [0.3, 0.4) is 0 Å². The van der Waals surface area contributed by atoms with E-state index < -0.39 is 0 Å². The third-order valence-electron chi connectivity index (χ3n) is 3.00. The first-order valence-corrected chi connectivity index (χ1v) is 9.54. The Bertz CT molecular complexity index is 225. The topological polar surface area (TPSA) is 20.3 Å². The summed E-state index contributed by atoms with van der Waals surface area (Å²) in [7, 11) is 4.05. The predicted octanol–water partition coefficient (Wildman–Crippen LogP) is 3.23. The van der Waals surface area contributed by atoms with Crippen LogP contribution in [0.25, 0.3) is 0 Å². The summed E-state index contributed by atoms with van der Waals surface area (Å²) in [6, 6.07) is 0. The lowest BCUT2D eigenvalue weighted by molar-refractivity contribution is -0.129. The van der Waals surface area contributed by atoms with Gasteiger partial charge in [0, 0.05) is 29.7 Å². The van der Waals surface area contributed by atoms with E-state index in [0.29, 0.717) is 5.91 Å². The standard InChI is InChI=1S/C11H19NOS3/c13-11(12-6-8-14-9-12)4-2-1-3-10-5-7-15-16-10/h10H,1-9H2. The Hall–Kier alpha value is 0.520. The van der Waals surface area contributed by atoms with Crippen molar-refractivity contribution < 1.29 is 4.79 Å². The van der Waals surface area contributed by atoms with Crippen molar-refractivity contribution in [2.45, 2.75) is 37.4 Å². The van der Waals surface area contributed by atoms with Crippen molar-refractivity contribution in [1.82, 2.24) is 4.90 Å². The third kappa shape index (κ3) is 4.08. The van der Waals surface area contributed by atoms with Gasteiger partial charge in [0.15, 0.2) is 0 Å². The van der Waals surface area contributed by atoms with Crippen molar-refractivity contribution in [3.05, 3.63) is 0 Å². The Morgan fingerprint density at radius 3 is 2.94 bits per heavy atom. The second kappa shape index (κ2) is 7.07. The maximum atomic E-state index is 11.7. The van der Waals surface area contributed by atoms with Gasteiger partial charge in [-0.05, 0) is 19.3 Å². The zero-order chi connectivity index (χ0) is 11.2. The van der Waals surface area contributed by atoms with Gasteiger partial charge >= 0.3 is 0 Å². The number of amides is 1. The van der Waals surface area contributed by atoms with E-state index in [1.807, 2.05) is 38.2 Å². The van der Waals surface area contributed by atoms with Crippen LogP contribution in [-0.2, 0) is 4.79 Å². The van der Waals surface area contributed by atoms with E-state index in [1.54, 1.807) is 0 Å². The number of hydrogen-bond donors (Lipinski definition) is 0. The van der Waals surface area contributed by atoms with Gasteiger partial charge in [-0.3, -0.25) is 4.79 Å². The zero-order valence-corrected chi connectivity index (χ0v) is 12.0. The first kappa shape index (κ1) is 13.0. The van der Waals surface area contributed by atoms with Crippen LogP contribution < -0.4 is 0 Å². The van der Waals surface area contributed by atoms with Crippen LogP contribution in [0.4, 0.5) is 0 Å². The highest BCUT2D eigenvalue weighted by Crippen LogP contribution is 2.39. The number of carbonyl (C=O) groups excluding carboxylic acids is 1. The highest BCUT2D eigenvalue weighted by molar-refractivity contribution is 8.77. The molecule has 2 heterocycles. The Balaban J connectivity index is 1.51. The fourth-order valence-electron chi connectivity index (χ4n) is 1.98. The molecule has 0 aromatic heterocycles. The van der Waals surface area contributed by atoms with Gasteiger partial charge < -0.3 is 4.90 Å². The van der Waals surface area contributed by atoms with E-state index in [2.05, 4.69) is 0 Å². The van der Waals surface area contributed by atoms with Gasteiger partial charge in [-0.2, -0.15) is 0 Å². The minimum absolute atomic E-state index is 0.374. The van der Waals surface area contributed by atoms with Crippen LogP contribution >= 0.6 is 33.3 Å². The maximum Gasteiger partial charge on any atom is 0.223 e. The number of hydrogen-bond acceptors (Lipinski definition) is 4. The molecule has 1 atom stereocenters. The number of thioether (sulfide) groups is 1. The van der Waals surface area contributed by atoms with Gasteiger partial charge in [0.1, 0.15) is 0 Å². The number of rotatable bonds is 5. The van der Waals surface area contributed by atoms with Crippen LogP contribution in [0.2, 0.25) is 0 Å². The molecule has 2 aliphatic heterocycles. The smallest absolute Gasteiger partial charge is 0.223 e. The largest absolute Gasteiger partial charge is 0.333 e. The summed E-state index contributed by atoms with van der Waals surface area (Å²) < 4.78 is 0. The molecule has 2 saturated heterocycles. The fraction of sp³-hybridized carbons (Fsp3) is 0.909. The number of nitrogens with zero attached hydrogens (tertiary/aromatic N) is 1. The molecule has 0 spiro atoms. The summed E-state index contributed by atoms with van der Waals surface area (Å²) in [5.74, 6) is 3.74. The van der Waals surface area contributed by atoms with Crippen molar-refractivity contribution in [2.24, 2.45) is 0 Å². The van der Waals surface area contributed by atoms with E-state index in [-0.39, 0.29) is 0 Å². The molecule has 2 nitrogen and oxygen atoms in total. The van der Waals surface area contributed by atoms with Gasteiger partial charge in [0.05, 0.1) is 5.88 Å². The highest BCUT2D eigenvalue weighted by atomic mass is 33.1. The lowest BCUT2D eigenvalue weighted by Crippen LogP contribution is -2.27. The van der Waals surface area contributed by atoms with E-state index in [9.17, 15) is 4.79 Å². The van der Waals surface area contributed by atoms with Crippen molar-refractivity contribution in [3.8, 4) is 0 Å². The van der Waals surface area contributed by atoms with E-state index in [1.165, 1.54) is 25.0 Å². The molecular weight excluding hydrogens is 258 g/mol. The Morgan fingerprint density at radius 1 is 1.31 bits per heavy atom. The molecular formula is C11H19NOS3. The van der Waals surface area contributed by atoms with Crippen molar-refractivity contribution in [1.29, 1.82) is 0 Å². The summed E-state index contributed by atoms with van der Waals surface area (Å²) in [5.41, 5.74) is 0. The Morgan fingerprint density at radius 2 is 2.25 bits per heavy atom. The molecule has 0 aromatic carbocycles. The van der Waals surface area contributed by atoms with E-state index in [0.717, 1.165) is 36.3 Å². The second-order valence-corrected chi connectivity index (χ2v) is 8.13. The third-order valence-corrected chi connectivity index (χ3v) is 6.97. The monoisotopic (exact) mass is 277 g/mol. The lowest BCUT2D eigenvalue weighted by Gasteiger charge is -2.14. The maximum absolute atomic E-state index is 11.7. The molecule has 1 unspecified atom stereocenters. The molecule has 0 bridgehead atoms. The van der Waals surface area contributed by atoms with E-state index >= 15 is 0 Å². The lowest BCUT2D eigenvalue weighted by atomic mass is 10.1. The molecule has 0 radical (unpaired) electrons. The highest BCUT2D eigenvalue weighted by Gasteiger charge is 2.19. The summed E-state index contributed by atoms with van der Waals surface area (Å²) in [6.45, 7) is 0.971. The number of carbonyl (C=O) groups is 1. The molecule has 0 aromatic rings. The van der Waals surface area contributed by atoms with Gasteiger partial charge in [-0.1, -0.05) is 28.0 Å². The van der Waals surface area contributed by atoms with Crippen LogP contribution in [0.5, 0.6) is 0 Å². The molecule has 0 saturated carbocycles. The quantitative estimate of drug-likeness (QED) is 0.568. The normalized spacial score (nSPS) is 25.2.